The molecule has 0 amide bonds. The summed E-state index contributed by atoms with van der Waals surface area (Å²) in [7, 11) is 0. The SMILES string of the molecule is Cc1ccc(N(CCN(c2ccccc2)c2ccccc2)c2ccccc2)cc1. The van der Waals surface area contributed by atoms with Gasteiger partial charge in [0.2, 0.25) is 0 Å². The van der Waals surface area contributed by atoms with Crippen molar-refractivity contribution in [2.24, 2.45) is 0 Å². The Morgan fingerprint density at radius 3 is 1.07 bits per heavy atom. The molecule has 29 heavy (non-hydrogen) atoms. The van der Waals surface area contributed by atoms with E-state index < -0.39 is 0 Å². The molecule has 4 aromatic rings. The second kappa shape index (κ2) is 9.11. The van der Waals surface area contributed by atoms with Crippen molar-refractivity contribution < 1.29 is 0 Å². The Kier molecular flexibility index (Phi) is 5.92. The molecule has 0 bridgehead atoms. The molecule has 0 aliphatic heterocycles. The average molecular weight is 379 g/mol. The summed E-state index contributed by atoms with van der Waals surface area (Å²) in [5.41, 5.74) is 6.10. The van der Waals surface area contributed by atoms with Gasteiger partial charge in [0.1, 0.15) is 0 Å². The van der Waals surface area contributed by atoms with Crippen molar-refractivity contribution in [2.75, 3.05) is 22.9 Å². The molecule has 0 unspecified atom stereocenters. The zero-order valence-electron chi connectivity index (χ0n) is 16.8. The third kappa shape index (κ3) is 4.67. The van der Waals surface area contributed by atoms with Crippen molar-refractivity contribution in [3.05, 3.63) is 121 Å². The van der Waals surface area contributed by atoms with E-state index in [4.69, 9.17) is 0 Å². The van der Waals surface area contributed by atoms with E-state index in [1.807, 2.05) is 0 Å². The lowest BCUT2D eigenvalue weighted by Crippen LogP contribution is -2.30. The van der Waals surface area contributed by atoms with Crippen LogP contribution in [0.25, 0.3) is 0 Å². The maximum Gasteiger partial charge on any atom is 0.0411 e. The van der Waals surface area contributed by atoms with Gasteiger partial charge in [0.25, 0.3) is 0 Å². The molecule has 0 atom stereocenters. The van der Waals surface area contributed by atoms with Gasteiger partial charge in [-0.05, 0) is 55.5 Å². The van der Waals surface area contributed by atoms with Crippen molar-refractivity contribution in [2.45, 2.75) is 6.92 Å². The molecule has 0 saturated heterocycles. The van der Waals surface area contributed by atoms with Crippen LogP contribution in [-0.4, -0.2) is 13.1 Å². The highest BCUT2D eigenvalue weighted by Gasteiger charge is 2.14. The summed E-state index contributed by atoms with van der Waals surface area (Å²) < 4.78 is 0. The first-order valence-corrected chi connectivity index (χ1v) is 10.1. The predicted octanol–water partition coefficient (Wildman–Crippen LogP) is 6.97. The number of para-hydroxylation sites is 3. The van der Waals surface area contributed by atoms with Gasteiger partial charge in [-0.1, -0.05) is 72.3 Å². The van der Waals surface area contributed by atoms with Gasteiger partial charge in [-0.3, -0.25) is 0 Å². The summed E-state index contributed by atoms with van der Waals surface area (Å²) in [5, 5.41) is 0. The van der Waals surface area contributed by atoms with Gasteiger partial charge >= 0.3 is 0 Å². The van der Waals surface area contributed by atoms with Crippen LogP contribution in [0, 0.1) is 6.92 Å². The normalized spacial score (nSPS) is 10.5. The van der Waals surface area contributed by atoms with Gasteiger partial charge in [0.05, 0.1) is 0 Å². The molecule has 0 heterocycles. The zero-order valence-corrected chi connectivity index (χ0v) is 16.8. The molecule has 4 rings (SSSR count). The van der Waals surface area contributed by atoms with E-state index in [1.165, 1.54) is 28.3 Å². The minimum absolute atomic E-state index is 0.872. The topological polar surface area (TPSA) is 6.48 Å². The molecule has 4 aromatic carbocycles. The van der Waals surface area contributed by atoms with Crippen molar-refractivity contribution in [3.8, 4) is 0 Å². The molecule has 2 nitrogen and oxygen atoms in total. The smallest absolute Gasteiger partial charge is 0.0411 e. The Hall–Kier alpha value is -3.52. The fourth-order valence-corrected chi connectivity index (χ4v) is 3.56. The fourth-order valence-electron chi connectivity index (χ4n) is 3.56. The van der Waals surface area contributed by atoms with E-state index in [1.54, 1.807) is 0 Å². The Balaban J connectivity index is 1.64. The average Bonchev–Trinajstić information content (AvgIpc) is 2.79. The first-order chi connectivity index (χ1) is 14.3. The van der Waals surface area contributed by atoms with Crippen LogP contribution in [0.4, 0.5) is 22.7 Å². The molecule has 0 aromatic heterocycles. The van der Waals surface area contributed by atoms with Crippen molar-refractivity contribution >= 4 is 22.7 Å². The molecule has 0 fully saturated rings. The first-order valence-electron chi connectivity index (χ1n) is 10.1. The number of hydrogen-bond donors (Lipinski definition) is 0. The van der Waals surface area contributed by atoms with E-state index in [2.05, 4.69) is 132 Å². The number of anilines is 4. The Bertz CT molecular complexity index is 957. The molecule has 0 aliphatic carbocycles. The molecule has 2 heteroatoms. The maximum atomic E-state index is 2.39. The first kappa shape index (κ1) is 18.8. The predicted molar refractivity (Wildman–Crippen MR) is 125 cm³/mol. The van der Waals surface area contributed by atoms with Crippen LogP contribution in [0.1, 0.15) is 5.56 Å². The second-order valence-electron chi connectivity index (χ2n) is 7.15. The van der Waals surface area contributed by atoms with E-state index in [-0.39, 0.29) is 0 Å². The standard InChI is InChI=1S/C27H26N2/c1-23-17-19-27(20-18-23)29(26-15-9-4-10-16-26)22-21-28(24-11-5-2-6-12-24)25-13-7-3-8-14-25/h2-20H,21-22H2,1H3. The Morgan fingerprint density at radius 1 is 0.414 bits per heavy atom. The lowest BCUT2D eigenvalue weighted by Gasteiger charge is -2.31. The van der Waals surface area contributed by atoms with Gasteiger partial charge in [0.15, 0.2) is 0 Å². The molecule has 0 saturated carbocycles. The number of aryl methyl sites for hydroxylation is 1. The van der Waals surface area contributed by atoms with Crippen molar-refractivity contribution in [1.29, 1.82) is 0 Å². The maximum absolute atomic E-state index is 2.39. The third-order valence-corrected chi connectivity index (χ3v) is 5.10. The monoisotopic (exact) mass is 378 g/mol. The van der Waals surface area contributed by atoms with Gasteiger partial charge < -0.3 is 9.80 Å². The van der Waals surface area contributed by atoms with Gasteiger partial charge in [-0.15, -0.1) is 0 Å². The van der Waals surface area contributed by atoms with E-state index in [9.17, 15) is 0 Å². The van der Waals surface area contributed by atoms with Crippen LogP contribution in [0.2, 0.25) is 0 Å². The highest BCUT2D eigenvalue weighted by Crippen LogP contribution is 2.28. The molecule has 144 valence electrons. The minimum Gasteiger partial charge on any atom is -0.340 e. The molecule has 0 N–H and O–H groups in total. The summed E-state index contributed by atoms with van der Waals surface area (Å²) in [6.45, 7) is 3.87. The number of benzene rings is 4. The molecular formula is C27H26N2. The fraction of sp³-hybridized carbons (Fsp3) is 0.111. The third-order valence-electron chi connectivity index (χ3n) is 5.10. The summed E-state index contributed by atoms with van der Waals surface area (Å²) in [6, 6.07) is 40.6. The van der Waals surface area contributed by atoms with Crippen LogP contribution in [-0.2, 0) is 0 Å². The summed E-state index contributed by atoms with van der Waals surface area (Å²) in [6.07, 6.45) is 0. The van der Waals surface area contributed by atoms with Crippen LogP contribution < -0.4 is 9.80 Å². The van der Waals surface area contributed by atoms with Crippen molar-refractivity contribution in [1.82, 2.24) is 0 Å². The molecular weight excluding hydrogens is 352 g/mol. The molecule has 0 spiro atoms. The van der Waals surface area contributed by atoms with Gasteiger partial charge in [-0.2, -0.15) is 0 Å². The zero-order chi connectivity index (χ0) is 19.9. The van der Waals surface area contributed by atoms with E-state index >= 15 is 0 Å². The molecule has 0 aliphatic rings. The van der Waals surface area contributed by atoms with Crippen LogP contribution in [0.5, 0.6) is 0 Å². The van der Waals surface area contributed by atoms with Gasteiger partial charge in [0, 0.05) is 35.8 Å². The summed E-state index contributed by atoms with van der Waals surface area (Å²) >= 11 is 0. The van der Waals surface area contributed by atoms with E-state index in [0.717, 1.165) is 13.1 Å². The van der Waals surface area contributed by atoms with Crippen LogP contribution in [0.3, 0.4) is 0 Å². The van der Waals surface area contributed by atoms with Crippen LogP contribution >= 0.6 is 0 Å². The second-order valence-corrected chi connectivity index (χ2v) is 7.15. The highest BCUT2D eigenvalue weighted by atomic mass is 15.2. The number of rotatable bonds is 7. The van der Waals surface area contributed by atoms with Crippen molar-refractivity contribution in [3.63, 3.8) is 0 Å². The highest BCUT2D eigenvalue weighted by molar-refractivity contribution is 5.66. The number of nitrogens with zero attached hydrogens (tertiary/aromatic N) is 2. The van der Waals surface area contributed by atoms with Crippen LogP contribution in [0.15, 0.2) is 115 Å². The summed E-state index contributed by atoms with van der Waals surface area (Å²) in [5.74, 6) is 0. The Morgan fingerprint density at radius 2 is 0.724 bits per heavy atom. The number of hydrogen-bond acceptors (Lipinski definition) is 2. The minimum atomic E-state index is 0.872. The lowest BCUT2D eigenvalue weighted by atomic mass is 10.2. The molecule has 0 radical (unpaired) electrons. The van der Waals surface area contributed by atoms with E-state index in [0.29, 0.717) is 0 Å². The lowest BCUT2D eigenvalue weighted by molar-refractivity contribution is 0.885. The summed E-state index contributed by atoms with van der Waals surface area (Å²) in [4.78, 5) is 4.77. The largest absolute Gasteiger partial charge is 0.340 e. The quantitative estimate of drug-likeness (QED) is 0.342. The van der Waals surface area contributed by atoms with Gasteiger partial charge in [-0.25, -0.2) is 0 Å². The Labute approximate surface area is 173 Å².